The second-order valence-electron chi connectivity index (χ2n) is 2.04. The lowest BCUT2D eigenvalue weighted by atomic mass is 10.4. The quantitative estimate of drug-likeness (QED) is 0.466. The standard InChI is InChI=1S/C7H13NO3/c1-3-7(10)8-4-5-11-6(2)9/h3-5H2,1-2H3,(H,8,10). The first-order valence-electron chi connectivity index (χ1n) is 3.57. The van der Waals surface area contributed by atoms with Gasteiger partial charge in [0.05, 0.1) is 6.54 Å². The zero-order chi connectivity index (χ0) is 8.69. The fourth-order valence-corrected chi connectivity index (χ4v) is 0.510. The minimum absolute atomic E-state index is 0.0304. The van der Waals surface area contributed by atoms with E-state index in [4.69, 9.17) is 0 Å². The van der Waals surface area contributed by atoms with Gasteiger partial charge in [0.2, 0.25) is 5.91 Å². The van der Waals surface area contributed by atoms with Gasteiger partial charge in [-0.1, -0.05) is 6.92 Å². The molecule has 4 nitrogen and oxygen atoms in total. The first kappa shape index (κ1) is 9.94. The van der Waals surface area contributed by atoms with Crippen molar-refractivity contribution in [2.75, 3.05) is 13.2 Å². The molecule has 0 unspecified atom stereocenters. The van der Waals surface area contributed by atoms with E-state index in [1.54, 1.807) is 6.92 Å². The highest BCUT2D eigenvalue weighted by Gasteiger charge is 1.95. The molecule has 0 rings (SSSR count). The van der Waals surface area contributed by atoms with Crippen LogP contribution < -0.4 is 5.32 Å². The lowest BCUT2D eigenvalue weighted by molar-refractivity contribution is -0.141. The van der Waals surface area contributed by atoms with Crippen molar-refractivity contribution in [1.82, 2.24) is 5.32 Å². The number of carbonyl (C=O) groups is 2. The molecule has 0 aromatic heterocycles. The van der Waals surface area contributed by atoms with Crippen LogP contribution in [0.25, 0.3) is 0 Å². The molecule has 0 radical (unpaired) electrons. The van der Waals surface area contributed by atoms with E-state index in [0.29, 0.717) is 13.0 Å². The van der Waals surface area contributed by atoms with Crippen LogP contribution in [0.1, 0.15) is 20.3 Å². The van der Waals surface area contributed by atoms with Crippen LogP contribution in [0, 0.1) is 0 Å². The Morgan fingerprint density at radius 1 is 1.45 bits per heavy atom. The highest BCUT2D eigenvalue weighted by atomic mass is 16.5. The predicted molar refractivity (Wildman–Crippen MR) is 39.9 cm³/mol. The Hall–Kier alpha value is -1.06. The second kappa shape index (κ2) is 5.70. The molecule has 0 aromatic carbocycles. The number of nitrogens with one attached hydrogen (secondary N) is 1. The monoisotopic (exact) mass is 159 g/mol. The summed E-state index contributed by atoms with van der Waals surface area (Å²) in [5, 5.41) is 2.57. The van der Waals surface area contributed by atoms with Crippen molar-refractivity contribution in [2.24, 2.45) is 0 Å². The Morgan fingerprint density at radius 2 is 2.09 bits per heavy atom. The fourth-order valence-electron chi connectivity index (χ4n) is 0.510. The highest BCUT2D eigenvalue weighted by Crippen LogP contribution is 1.76. The third kappa shape index (κ3) is 6.83. The average molecular weight is 159 g/mol. The van der Waals surface area contributed by atoms with Crippen molar-refractivity contribution in [3.8, 4) is 0 Å². The van der Waals surface area contributed by atoms with E-state index < -0.39 is 0 Å². The van der Waals surface area contributed by atoms with E-state index in [-0.39, 0.29) is 18.5 Å². The van der Waals surface area contributed by atoms with Gasteiger partial charge in [0.15, 0.2) is 0 Å². The van der Waals surface area contributed by atoms with Gasteiger partial charge in [-0.15, -0.1) is 0 Å². The van der Waals surface area contributed by atoms with Gasteiger partial charge in [-0.25, -0.2) is 0 Å². The molecule has 11 heavy (non-hydrogen) atoms. The van der Waals surface area contributed by atoms with Crippen molar-refractivity contribution < 1.29 is 14.3 Å². The van der Waals surface area contributed by atoms with Crippen LogP contribution in [0.2, 0.25) is 0 Å². The maximum absolute atomic E-state index is 10.6. The topological polar surface area (TPSA) is 55.4 Å². The van der Waals surface area contributed by atoms with Crippen molar-refractivity contribution in [2.45, 2.75) is 20.3 Å². The smallest absolute Gasteiger partial charge is 0.302 e. The fraction of sp³-hybridized carbons (Fsp3) is 0.714. The normalized spacial score (nSPS) is 8.91. The molecule has 0 saturated heterocycles. The zero-order valence-electron chi connectivity index (χ0n) is 6.85. The van der Waals surface area contributed by atoms with Crippen LogP contribution in [0.15, 0.2) is 0 Å². The van der Waals surface area contributed by atoms with Gasteiger partial charge in [0, 0.05) is 13.3 Å². The molecule has 0 spiro atoms. The van der Waals surface area contributed by atoms with E-state index in [9.17, 15) is 9.59 Å². The molecule has 0 aliphatic heterocycles. The number of ether oxygens (including phenoxy) is 1. The van der Waals surface area contributed by atoms with Crippen molar-refractivity contribution in [3.63, 3.8) is 0 Å². The van der Waals surface area contributed by atoms with Gasteiger partial charge in [0.25, 0.3) is 0 Å². The Morgan fingerprint density at radius 3 is 2.55 bits per heavy atom. The SMILES string of the molecule is CCC(=O)NCCOC(C)=O. The number of rotatable bonds is 4. The molecule has 0 atom stereocenters. The molecule has 0 aliphatic rings. The summed E-state index contributed by atoms with van der Waals surface area (Å²) >= 11 is 0. The van der Waals surface area contributed by atoms with Gasteiger partial charge in [-0.05, 0) is 0 Å². The minimum Gasteiger partial charge on any atom is -0.464 e. The van der Waals surface area contributed by atoms with Crippen molar-refractivity contribution in [3.05, 3.63) is 0 Å². The van der Waals surface area contributed by atoms with E-state index >= 15 is 0 Å². The summed E-state index contributed by atoms with van der Waals surface area (Å²) in [6.07, 6.45) is 0.458. The molecule has 1 amide bonds. The Labute approximate surface area is 65.9 Å². The number of esters is 1. The van der Waals surface area contributed by atoms with Crippen LogP contribution in [0.4, 0.5) is 0 Å². The van der Waals surface area contributed by atoms with Crippen LogP contribution in [0.5, 0.6) is 0 Å². The van der Waals surface area contributed by atoms with E-state index in [2.05, 4.69) is 10.1 Å². The lowest BCUT2D eigenvalue weighted by Crippen LogP contribution is -2.26. The number of amides is 1. The Balaban J connectivity index is 3.14. The molecular formula is C7H13NO3. The molecule has 1 N–H and O–H groups in total. The highest BCUT2D eigenvalue weighted by molar-refractivity contribution is 5.75. The molecule has 64 valence electrons. The molecule has 0 aliphatic carbocycles. The molecule has 0 fully saturated rings. The Bertz CT molecular complexity index is 145. The van der Waals surface area contributed by atoms with Gasteiger partial charge >= 0.3 is 5.97 Å². The molecule has 0 bridgehead atoms. The third-order valence-electron chi connectivity index (χ3n) is 1.05. The predicted octanol–water partition coefficient (Wildman–Crippen LogP) is 0.0757. The van der Waals surface area contributed by atoms with Crippen LogP contribution in [-0.2, 0) is 14.3 Å². The van der Waals surface area contributed by atoms with Crippen LogP contribution >= 0.6 is 0 Å². The largest absolute Gasteiger partial charge is 0.464 e. The molecule has 4 heteroatoms. The van der Waals surface area contributed by atoms with Gasteiger partial charge in [-0.2, -0.15) is 0 Å². The van der Waals surface area contributed by atoms with Gasteiger partial charge in [0.1, 0.15) is 6.61 Å². The lowest BCUT2D eigenvalue weighted by Gasteiger charge is -2.02. The molecular weight excluding hydrogens is 146 g/mol. The first-order valence-corrected chi connectivity index (χ1v) is 3.57. The Kier molecular flexibility index (Phi) is 5.15. The maximum atomic E-state index is 10.6. The maximum Gasteiger partial charge on any atom is 0.302 e. The summed E-state index contributed by atoms with van der Waals surface area (Å²) in [6, 6.07) is 0. The van der Waals surface area contributed by atoms with Crippen molar-refractivity contribution >= 4 is 11.9 Å². The van der Waals surface area contributed by atoms with Crippen molar-refractivity contribution in [1.29, 1.82) is 0 Å². The first-order chi connectivity index (χ1) is 5.16. The van der Waals surface area contributed by atoms with E-state index in [1.807, 2.05) is 0 Å². The summed E-state index contributed by atoms with van der Waals surface area (Å²) in [5.74, 6) is -0.354. The minimum atomic E-state index is -0.323. The number of hydrogen-bond acceptors (Lipinski definition) is 3. The summed E-state index contributed by atoms with van der Waals surface area (Å²) in [4.78, 5) is 20.8. The molecule has 0 saturated carbocycles. The zero-order valence-corrected chi connectivity index (χ0v) is 6.85. The van der Waals surface area contributed by atoms with E-state index in [1.165, 1.54) is 6.92 Å². The molecule has 0 heterocycles. The number of carbonyl (C=O) groups excluding carboxylic acids is 2. The summed E-state index contributed by atoms with van der Waals surface area (Å²) < 4.78 is 4.58. The average Bonchev–Trinajstić information content (AvgIpc) is 1.97. The van der Waals surface area contributed by atoms with E-state index in [0.717, 1.165) is 0 Å². The second-order valence-corrected chi connectivity index (χ2v) is 2.04. The third-order valence-corrected chi connectivity index (χ3v) is 1.05. The molecule has 0 aromatic rings. The van der Waals surface area contributed by atoms with Gasteiger partial charge in [-0.3, -0.25) is 9.59 Å². The summed E-state index contributed by atoms with van der Waals surface area (Å²) in [7, 11) is 0. The summed E-state index contributed by atoms with van der Waals surface area (Å²) in [6.45, 7) is 3.75. The summed E-state index contributed by atoms with van der Waals surface area (Å²) in [5.41, 5.74) is 0. The van der Waals surface area contributed by atoms with Crippen LogP contribution in [-0.4, -0.2) is 25.0 Å². The van der Waals surface area contributed by atoms with Gasteiger partial charge < -0.3 is 10.1 Å². The van der Waals surface area contributed by atoms with Crippen LogP contribution in [0.3, 0.4) is 0 Å². The number of hydrogen-bond donors (Lipinski definition) is 1.